The number of hydrogen-bond donors (Lipinski definition) is 2. The molecule has 1 aromatic rings. The SMILES string of the molecule is COc1ccc(OC)c(NC(N)=NC2C(C)C(OC)C2(C)C)c1. The fourth-order valence-electron chi connectivity index (χ4n) is 3.60. The van der Waals surface area contributed by atoms with E-state index in [0.717, 1.165) is 11.4 Å². The molecule has 3 atom stereocenters. The number of aliphatic imine (C=N–C) groups is 1. The minimum atomic E-state index is -0.0427. The molecule has 0 saturated heterocycles. The molecule has 0 spiro atoms. The highest BCUT2D eigenvalue weighted by Gasteiger charge is 2.54. The van der Waals surface area contributed by atoms with Gasteiger partial charge in [0.15, 0.2) is 5.96 Å². The summed E-state index contributed by atoms with van der Waals surface area (Å²) in [4.78, 5) is 4.65. The fraction of sp³-hybridized carbons (Fsp3) is 0.588. The molecule has 0 aliphatic heterocycles. The molecule has 1 aliphatic carbocycles. The minimum absolute atomic E-state index is 0.0427. The van der Waals surface area contributed by atoms with Gasteiger partial charge in [-0.05, 0) is 12.1 Å². The van der Waals surface area contributed by atoms with Crippen LogP contribution in [0.4, 0.5) is 5.69 Å². The zero-order valence-corrected chi connectivity index (χ0v) is 14.7. The molecular formula is C17H27N3O3. The van der Waals surface area contributed by atoms with E-state index in [4.69, 9.17) is 19.9 Å². The van der Waals surface area contributed by atoms with Crippen molar-refractivity contribution in [1.29, 1.82) is 0 Å². The smallest absolute Gasteiger partial charge is 0.193 e. The van der Waals surface area contributed by atoms with Gasteiger partial charge in [-0.1, -0.05) is 20.8 Å². The van der Waals surface area contributed by atoms with E-state index >= 15 is 0 Å². The molecule has 6 heteroatoms. The Bertz CT molecular complexity index is 586. The number of ether oxygens (including phenoxy) is 3. The Morgan fingerprint density at radius 2 is 1.91 bits per heavy atom. The Balaban J connectivity index is 2.18. The van der Waals surface area contributed by atoms with Gasteiger partial charge in [0, 0.05) is 24.5 Å². The molecule has 0 amide bonds. The molecule has 3 N–H and O–H groups in total. The average molecular weight is 321 g/mol. The number of nitrogens with one attached hydrogen (secondary N) is 1. The van der Waals surface area contributed by atoms with Gasteiger partial charge in [-0.3, -0.25) is 0 Å². The number of anilines is 1. The molecule has 0 radical (unpaired) electrons. The van der Waals surface area contributed by atoms with E-state index in [1.165, 1.54) is 0 Å². The first-order valence-electron chi connectivity index (χ1n) is 7.70. The molecular weight excluding hydrogens is 294 g/mol. The molecule has 0 heterocycles. The topological polar surface area (TPSA) is 78.1 Å². The van der Waals surface area contributed by atoms with Crippen LogP contribution < -0.4 is 20.5 Å². The van der Waals surface area contributed by atoms with Crippen LogP contribution in [-0.2, 0) is 4.74 Å². The number of guanidine groups is 1. The van der Waals surface area contributed by atoms with Crippen molar-refractivity contribution in [2.45, 2.75) is 32.9 Å². The third kappa shape index (κ3) is 3.22. The summed E-state index contributed by atoms with van der Waals surface area (Å²) < 4.78 is 16.1. The van der Waals surface area contributed by atoms with Crippen LogP contribution in [0.1, 0.15) is 20.8 Å². The quantitative estimate of drug-likeness (QED) is 0.643. The fourth-order valence-corrected chi connectivity index (χ4v) is 3.60. The second kappa shape index (κ2) is 6.66. The third-order valence-electron chi connectivity index (χ3n) is 4.67. The lowest BCUT2D eigenvalue weighted by molar-refractivity contribution is -0.132. The number of hydrogen-bond acceptors (Lipinski definition) is 4. The predicted molar refractivity (Wildman–Crippen MR) is 92.3 cm³/mol. The third-order valence-corrected chi connectivity index (χ3v) is 4.67. The van der Waals surface area contributed by atoms with Gasteiger partial charge < -0.3 is 25.3 Å². The summed E-state index contributed by atoms with van der Waals surface area (Å²) in [6.07, 6.45) is 0.190. The van der Waals surface area contributed by atoms with Crippen LogP contribution in [0.2, 0.25) is 0 Å². The van der Waals surface area contributed by atoms with Gasteiger partial charge in [0.1, 0.15) is 11.5 Å². The van der Waals surface area contributed by atoms with Crippen molar-refractivity contribution >= 4 is 11.6 Å². The Labute approximate surface area is 138 Å². The van der Waals surface area contributed by atoms with Crippen LogP contribution in [0.15, 0.2) is 23.2 Å². The van der Waals surface area contributed by atoms with Crippen molar-refractivity contribution in [2.75, 3.05) is 26.6 Å². The molecule has 3 unspecified atom stereocenters. The summed E-state index contributed by atoms with van der Waals surface area (Å²) in [6.45, 7) is 6.43. The molecule has 6 nitrogen and oxygen atoms in total. The summed E-state index contributed by atoms with van der Waals surface area (Å²) in [5.41, 5.74) is 6.78. The Morgan fingerprint density at radius 1 is 1.22 bits per heavy atom. The molecule has 1 saturated carbocycles. The number of nitrogens with zero attached hydrogens (tertiary/aromatic N) is 1. The highest BCUT2D eigenvalue weighted by Crippen LogP contribution is 2.49. The monoisotopic (exact) mass is 321 g/mol. The molecule has 1 fully saturated rings. The van der Waals surface area contributed by atoms with Crippen LogP contribution in [0.3, 0.4) is 0 Å². The van der Waals surface area contributed by atoms with Crippen LogP contribution in [0.5, 0.6) is 11.5 Å². The maximum atomic E-state index is 6.10. The van der Waals surface area contributed by atoms with Gasteiger partial charge in [-0.15, -0.1) is 0 Å². The van der Waals surface area contributed by atoms with Gasteiger partial charge in [0.25, 0.3) is 0 Å². The lowest BCUT2D eigenvalue weighted by Gasteiger charge is -2.54. The lowest BCUT2D eigenvalue weighted by Crippen LogP contribution is -2.61. The molecule has 0 aromatic heterocycles. The predicted octanol–water partition coefficient (Wildman–Crippen LogP) is 2.49. The van der Waals surface area contributed by atoms with E-state index in [2.05, 4.69) is 31.1 Å². The maximum Gasteiger partial charge on any atom is 0.193 e. The zero-order chi connectivity index (χ0) is 17.2. The van der Waals surface area contributed by atoms with E-state index < -0.39 is 0 Å². The number of methoxy groups -OCH3 is 3. The second-order valence-corrected chi connectivity index (χ2v) is 6.49. The number of nitrogens with two attached hydrogens (primary N) is 1. The average Bonchev–Trinajstić information content (AvgIpc) is 2.52. The molecule has 2 rings (SSSR count). The molecule has 1 aromatic carbocycles. The van der Waals surface area contributed by atoms with Crippen LogP contribution in [-0.4, -0.2) is 39.4 Å². The van der Waals surface area contributed by atoms with E-state index in [9.17, 15) is 0 Å². The largest absolute Gasteiger partial charge is 0.497 e. The summed E-state index contributed by atoms with van der Waals surface area (Å²) in [5.74, 6) is 2.08. The summed E-state index contributed by atoms with van der Waals surface area (Å²) >= 11 is 0. The van der Waals surface area contributed by atoms with Gasteiger partial charge in [-0.2, -0.15) is 0 Å². The normalized spacial score (nSPS) is 26.3. The van der Waals surface area contributed by atoms with Crippen molar-refractivity contribution in [3.8, 4) is 11.5 Å². The standard InChI is InChI=1S/C17H27N3O3/c1-10-14(17(2,3)15(10)23-6)20-16(18)19-12-9-11(21-4)7-8-13(12)22-5/h7-10,14-15H,1-6H3,(H3,18,19,20). The first-order valence-corrected chi connectivity index (χ1v) is 7.70. The maximum absolute atomic E-state index is 6.10. The van der Waals surface area contributed by atoms with Crippen molar-refractivity contribution in [3.05, 3.63) is 18.2 Å². The van der Waals surface area contributed by atoms with Crippen LogP contribution in [0, 0.1) is 11.3 Å². The van der Waals surface area contributed by atoms with Crippen LogP contribution in [0.25, 0.3) is 0 Å². The van der Waals surface area contributed by atoms with Crippen LogP contribution >= 0.6 is 0 Å². The van der Waals surface area contributed by atoms with E-state index in [1.54, 1.807) is 21.3 Å². The van der Waals surface area contributed by atoms with Crippen molar-refractivity contribution < 1.29 is 14.2 Å². The van der Waals surface area contributed by atoms with Gasteiger partial charge in [0.2, 0.25) is 0 Å². The Morgan fingerprint density at radius 3 is 2.43 bits per heavy atom. The Hall–Kier alpha value is -1.95. The summed E-state index contributed by atoms with van der Waals surface area (Å²) in [7, 11) is 4.97. The molecule has 23 heavy (non-hydrogen) atoms. The zero-order valence-electron chi connectivity index (χ0n) is 14.7. The lowest BCUT2D eigenvalue weighted by atomic mass is 9.58. The first-order chi connectivity index (χ1) is 10.8. The van der Waals surface area contributed by atoms with Gasteiger partial charge in [0.05, 0.1) is 32.1 Å². The van der Waals surface area contributed by atoms with E-state index in [1.807, 2.05) is 18.2 Å². The molecule has 1 aliphatic rings. The summed E-state index contributed by atoms with van der Waals surface area (Å²) in [6, 6.07) is 5.59. The highest BCUT2D eigenvalue weighted by molar-refractivity contribution is 5.94. The van der Waals surface area contributed by atoms with Crippen molar-refractivity contribution in [3.63, 3.8) is 0 Å². The minimum Gasteiger partial charge on any atom is -0.497 e. The van der Waals surface area contributed by atoms with Gasteiger partial charge >= 0.3 is 0 Å². The number of rotatable bonds is 5. The Kier molecular flexibility index (Phi) is 5.04. The second-order valence-electron chi connectivity index (χ2n) is 6.49. The van der Waals surface area contributed by atoms with E-state index in [-0.39, 0.29) is 17.6 Å². The summed E-state index contributed by atoms with van der Waals surface area (Å²) in [5, 5.41) is 3.11. The van der Waals surface area contributed by atoms with Crippen molar-refractivity contribution in [1.82, 2.24) is 0 Å². The molecule has 0 bridgehead atoms. The highest BCUT2D eigenvalue weighted by atomic mass is 16.5. The van der Waals surface area contributed by atoms with Gasteiger partial charge in [-0.25, -0.2) is 4.99 Å². The number of benzene rings is 1. The molecule has 128 valence electrons. The van der Waals surface area contributed by atoms with Crippen molar-refractivity contribution in [2.24, 2.45) is 22.1 Å². The first kappa shape index (κ1) is 17.4. The van der Waals surface area contributed by atoms with E-state index in [0.29, 0.717) is 17.6 Å².